The molecule has 9 aliphatic rings. The number of hydrogen-bond donors (Lipinski definition) is 8. The Kier molecular flexibility index (Phi) is 34.1. The quantitative estimate of drug-likeness (QED) is 0.0226. The number of aryl methyl sites for hydroxylation is 4. The first-order valence-electron chi connectivity index (χ1n) is 49.2. The molecule has 35 nitrogen and oxygen atoms in total. The van der Waals surface area contributed by atoms with Gasteiger partial charge in [0.05, 0.1) is 62.2 Å². The fourth-order valence-corrected chi connectivity index (χ4v) is 23.4. The largest absolute Gasteiger partial charge is 0.391 e. The lowest BCUT2D eigenvalue weighted by Gasteiger charge is -2.38. The third kappa shape index (κ3) is 24.6. The van der Waals surface area contributed by atoms with Gasteiger partial charge in [-0.1, -0.05) is 27.7 Å². The summed E-state index contributed by atoms with van der Waals surface area (Å²) >= 11 is 4.91. The van der Waals surface area contributed by atoms with E-state index in [4.69, 9.17) is 4.74 Å². The molecule has 8 aromatic rings. The van der Waals surface area contributed by atoms with Crippen LogP contribution in [0.25, 0.3) is 41.8 Å². The van der Waals surface area contributed by atoms with Crippen molar-refractivity contribution in [3.63, 3.8) is 0 Å². The minimum atomic E-state index is -3.28. The number of nitrogens with one attached hydrogen (secondary N) is 7. The highest BCUT2D eigenvalue weighted by Crippen LogP contribution is 2.42. The zero-order chi connectivity index (χ0) is 99.9. The number of pyridine rings is 4. The van der Waals surface area contributed by atoms with Gasteiger partial charge in [-0.3, -0.25) is 43.2 Å². The molecule has 1 saturated carbocycles. The first-order valence-corrected chi connectivity index (χ1v) is 54.4. The van der Waals surface area contributed by atoms with E-state index < -0.39 is 22.0 Å². The summed E-state index contributed by atoms with van der Waals surface area (Å²) in [5.41, 5.74) is 8.33. The predicted octanol–water partition coefficient (Wildman–Crippen LogP) is 14.0. The number of aliphatic hydroxyl groups excluding tert-OH is 1. The molecule has 0 aromatic carbocycles. The number of carbonyl (C=O) groups excluding carboxylic acids is 9. The topological polar surface area (TPSA) is 427 Å². The Labute approximate surface area is 831 Å². The molecule has 1 aliphatic carbocycles. The summed E-state index contributed by atoms with van der Waals surface area (Å²) in [7, 11) is -3.28. The van der Waals surface area contributed by atoms with Crippen molar-refractivity contribution in [2.75, 3.05) is 93.0 Å². The number of nitrogens with zero attached hydrogens (tertiary/aromatic N) is 15. The van der Waals surface area contributed by atoms with Gasteiger partial charge in [0, 0.05) is 168 Å². The van der Waals surface area contributed by atoms with Crippen molar-refractivity contribution in [3.05, 3.63) is 114 Å². The number of sulfonamides is 1. The maximum atomic E-state index is 13.6. The number of thiazole rings is 4. The molecule has 9 fully saturated rings. The predicted molar refractivity (Wildman–Crippen MR) is 544 cm³/mol. The van der Waals surface area contributed by atoms with Crippen LogP contribution < -0.4 is 37.2 Å². The van der Waals surface area contributed by atoms with Gasteiger partial charge in [0.15, 0.2) is 20.0 Å². The number of carbonyl (C=O) groups is 9. The highest BCUT2D eigenvalue weighted by atomic mass is 32.2. The van der Waals surface area contributed by atoms with Crippen molar-refractivity contribution in [2.45, 2.75) is 305 Å². The number of anilines is 4. The van der Waals surface area contributed by atoms with Crippen LogP contribution in [0.4, 0.5) is 23.3 Å². The van der Waals surface area contributed by atoms with E-state index >= 15 is 0 Å². The smallest absolute Gasteiger partial charge is 0.283 e. The van der Waals surface area contributed by atoms with Gasteiger partial charge in [-0.05, 0) is 232 Å². The number of amides is 9. The number of fused-ring (bicyclic) bond motifs is 2. The summed E-state index contributed by atoms with van der Waals surface area (Å²) in [4.78, 5) is 168. The molecule has 9 amide bonds. The summed E-state index contributed by atoms with van der Waals surface area (Å²) in [5, 5.41) is 33.0. The van der Waals surface area contributed by atoms with E-state index in [1.54, 1.807) is 29.7 Å². The van der Waals surface area contributed by atoms with Crippen LogP contribution >= 0.6 is 45.3 Å². The maximum Gasteiger partial charge on any atom is 0.283 e. The van der Waals surface area contributed by atoms with Crippen LogP contribution in [0.15, 0.2) is 49.1 Å². The van der Waals surface area contributed by atoms with E-state index in [0.717, 1.165) is 182 Å². The number of likely N-dealkylation sites (tertiary alicyclic amines) is 6. The van der Waals surface area contributed by atoms with Crippen molar-refractivity contribution in [2.24, 2.45) is 0 Å². The average Bonchev–Trinajstić information content (AvgIpc) is 1.67. The highest BCUT2D eigenvalue weighted by molar-refractivity contribution is 7.88. The highest BCUT2D eigenvalue weighted by Gasteiger charge is 2.43. The molecule has 139 heavy (non-hydrogen) atoms. The number of aliphatic hydroxyl groups is 1. The van der Waals surface area contributed by atoms with Crippen LogP contribution in [0.1, 0.15) is 296 Å². The lowest BCUT2D eigenvalue weighted by Crippen LogP contribution is -2.60. The molecular weight excluding hydrogens is 1870 g/mol. The lowest BCUT2D eigenvalue weighted by molar-refractivity contribution is -0.133. The van der Waals surface area contributed by atoms with Gasteiger partial charge in [0.2, 0.25) is 15.9 Å². The number of hydrogen-bond acceptors (Lipinski definition) is 29. The van der Waals surface area contributed by atoms with Crippen LogP contribution in [0.3, 0.4) is 0 Å². The molecule has 8 aliphatic heterocycles. The monoisotopic (exact) mass is 2000 g/mol. The zero-order valence-electron chi connectivity index (χ0n) is 83.2. The first kappa shape index (κ1) is 104. The second kappa shape index (κ2) is 45.5. The zero-order valence-corrected chi connectivity index (χ0v) is 87.3. The molecule has 8 aromatic heterocycles. The van der Waals surface area contributed by atoms with Gasteiger partial charge >= 0.3 is 0 Å². The molecular formula is C99H136N22O13S5. The van der Waals surface area contributed by atoms with E-state index in [-0.39, 0.29) is 142 Å². The van der Waals surface area contributed by atoms with E-state index in [0.29, 0.717) is 107 Å². The Bertz CT molecular complexity index is 5940. The number of ether oxygens (including phenoxy) is 1. The van der Waals surface area contributed by atoms with Crippen molar-refractivity contribution in [3.8, 4) is 41.8 Å². The van der Waals surface area contributed by atoms with Gasteiger partial charge in [0.25, 0.3) is 47.3 Å². The fraction of sp³-hybridized carbons (Fsp3) is 0.586. The third-order valence-corrected chi connectivity index (χ3v) is 33.6. The first-order chi connectivity index (χ1) is 66.3. The second-order valence-corrected chi connectivity index (χ2v) is 44.8. The summed E-state index contributed by atoms with van der Waals surface area (Å²) < 4.78 is 30.5. The van der Waals surface area contributed by atoms with Gasteiger partial charge in [-0.15, -0.1) is 45.3 Å². The Morgan fingerprint density at radius 3 is 0.964 bits per heavy atom. The minimum absolute atomic E-state index is 0.00566. The summed E-state index contributed by atoms with van der Waals surface area (Å²) in [6, 6.07) is 9.03. The fourth-order valence-electron chi connectivity index (χ4n) is 18.3. The number of rotatable bonds is 28. The van der Waals surface area contributed by atoms with Crippen LogP contribution in [0.5, 0.6) is 0 Å². The summed E-state index contributed by atoms with van der Waals surface area (Å²) in [6.07, 6.45) is 23.0. The SMILES string of the molecule is CC[C@@H](C)Nc1cc(C)c(-c2sc(C(=O)N3CC4CCC(C3)O4)nc2C(=O)N2CCC[C@@H]2C)cn1.CC[C@@H](C)Nc1cc(C)c(-c2sc(C(=O)NC3CN(C(C)=O)C3)nc2C(=O)N2CCC[C@@H]2C)cn1.CC[C@@H](C)Nc1cc(C)c(-c2sc(C(=O)NC3CN(S(C)(=O)=O)C3)nc2C(=O)N2CCC[C@@H]2C)cn1.CC[C@@H](C)Nc1cc(C)c(-c2sc(C(=O)N[C@H]3CC[C@H]3O)nc2C(=O)N2CCC[C@@H]2C)cn1. The maximum absolute atomic E-state index is 13.6. The van der Waals surface area contributed by atoms with E-state index in [2.05, 4.69) is 139 Å². The minimum Gasteiger partial charge on any atom is -0.391 e. The Morgan fingerprint density at radius 2 is 0.705 bits per heavy atom. The molecule has 2 unspecified atom stereocenters. The Hall–Kier alpha value is -10.6. The van der Waals surface area contributed by atoms with Crippen molar-refractivity contribution >= 4 is 132 Å². The summed E-state index contributed by atoms with van der Waals surface area (Å²) in [5.74, 6) is 1.38. The van der Waals surface area contributed by atoms with Crippen LogP contribution in [0.2, 0.25) is 0 Å². The normalized spacial score (nSPS) is 21.5. The second-order valence-electron chi connectivity index (χ2n) is 38.8. The van der Waals surface area contributed by atoms with Crippen LogP contribution in [0, 0.1) is 27.7 Å². The standard InChI is InChI=1S/C26H35N5O3S.C25H34N6O3S.C24H34N6O4S2.C24H33N5O3S/c1-5-16(3)28-21-11-15(2)20(12-27-21)23-22(25(32)31-10-6-7-17(31)4)29-24(35-23)26(33)30-13-18-8-9-19(14-30)34-18;1-6-15(3)27-20-10-14(2)19(11-26-20)22-21(25(34)31-9-7-8-16(31)4)29-24(35-22)23(33)28-18-12-30(13-18)17(5)32;1-6-15(3)26-19-10-14(2)18(11-25-19)21-20(24(32)30-9-7-8-16(30)4)28-23(35-21)22(31)27-17-12-29(13-17)36(5,33)34;1-5-14(3)26-19-11-13(2)16(12-25-19)21-20(24(32)29-10-6-7-15(29)4)28-23(33-21)22(31)27-17-8-9-18(17)30/h11-12,16-19H,5-10,13-14H2,1-4H3,(H,27,28);10-11,15-16,18H,6-9,12-13H2,1-5H3,(H,26,27)(H,28,33);10-11,15-17H,6-9,12-13H2,1-5H3,(H,25,26)(H,27,31);11-12,14-15,17-18,30H,5-10H2,1-4H3,(H,25,26)(H,27,31)/t16-,17+,18?,19?;2*15-,16+;14-,15+,17+,18-/m1111/s1. The van der Waals surface area contributed by atoms with Gasteiger partial charge in [0.1, 0.15) is 46.0 Å². The molecule has 750 valence electrons. The van der Waals surface area contributed by atoms with Crippen molar-refractivity contribution in [1.82, 2.24) is 89.5 Å². The average molecular weight is 2000 g/mol. The Balaban J connectivity index is 0.000000148. The third-order valence-electron chi connectivity index (χ3n) is 28.0. The number of morpholine rings is 1. The molecule has 8 saturated heterocycles. The van der Waals surface area contributed by atoms with Gasteiger partial charge in [-0.2, -0.15) is 4.31 Å². The molecule has 0 radical (unpaired) electrons. The number of aromatic nitrogens is 8. The molecule has 8 N–H and O–H groups in total. The van der Waals surface area contributed by atoms with Crippen molar-refractivity contribution in [1.29, 1.82) is 0 Å². The molecule has 12 atom stereocenters. The van der Waals surface area contributed by atoms with E-state index in [1.807, 2.05) is 97.2 Å². The van der Waals surface area contributed by atoms with Crippen LogP contribution in [-0.2, 0) is 19.6 Å². The van der Waals surface area contributed by atoms with E-state index in [1.165, 1.54) is 56.6 Å². The van der Waals surface area contributed by atoms with Gasteiger partial charge < -0.3 is 76.5 Å². The molecule has 0 spiro atoms. The molecule has 16 heterocycles. The van der Waals surface area contributed by atoms with Crippen molar-refractivity contribution < 1.29 is 61.4 Å². The summed E-state index contributed by atoms with van der Waals surface area (Å²) in [6.45, 7) is 39.9. The molecule has 17 rings (SSSR count). The molecule has 2 bridgehead atoms. The van der Waals surface area contributed by atoms with Crippen LogP contribution in [-0.4, -0.2) is 297 Å². The lowest BCUT2D eigenvalue weighted by atomic mass is 9.89. The Morgan fingerprint density at radius 1 is 0.410 bits per heavy atom. The van der Waals surface area contributed by atoms with Gasteiger partial charge in [-0.25, -0.2) is 48.3 Å². The molecule has 40 heteroatoms. The van der Waals surface area contributed by atoms with E-state index in [9.17, 15) is 56.7 Å².